The van der Waals surface area contributed by atoms with Crippen LogP contribution in [0.3, 0.4) is 0 Å². The minimum atomic E-state index is -1.11. The fourth-order valence-corrected chi connectivity index (χ4v) is 4.63. The number of hydrogen-bond acceptors (Lipinski definition) is 4. The Kier molecular flexibility index (Phi) is 8.48. The molecular formula is C27H34ClN5O4. The van der Waals surface area contributed by atoms with Crippen LogP contribution >= 0.6 is 11.6 Å². The topological polar surface area (TPSA) is 117 Å². The molecule has 2 aromatic carbocycles. The van der Waals surface area contributed by atoms with Crippen molar-refractivity contribution in [2.24, 2.45) is 5.92 Å². The van der Waals surface area contributed by atoms with Gasteiger partial charge in [-0.25, -0.2) is 14.6 Å². The number of urea groups is 1. The van der Waals surface area contributed by atoms with Crippen molar-refractivity contribution in [3.05, 3.63) is 63.7 Å². The molecule has 0 saturated carbocycles. The zero-order valence-corrected chi connectivity index (χ0v) is 22.8. The van der Waals surface area contributed by atoms with Gasteiger partial charge in [-0.15, -0.1) is 0 Å². The lowest BCUT2D eigenvalue weighted by Crippen LogP contribution is -2.50. The Balaban J connectivity index is 2.40. The highest BCUT2D eigenvalue weighted by molar-refractivity contribution is 6.35. The number of benzene rings is 2. The molecule has 3 rings (SSSR count). The molecule has 1 heterocycles. The summed E-state index contributed by atoms with van der Waals surface area (Å²) in [5.74, 6) is 0.100. The fraction of sp³-hybridized carbons (Fsp3) is 0.407. The number of anilines is 1. The molecule has 3 amide bonds. The number of carbonyl (C=O) groups excluding carboxylic acids is 1. The molecule has 9 nitrogen and oxygen atoms in total. The second-order valence-corrected chi connectivity index (χ2v) is 10.3. The van der Waals surface area contributed by atoms with Crippen molar-refractivity contribution < 1.29 is 14.7 Å². The van der Waals surface area contributed by atoms with E-state index in [0.29, 0.717) is 29.9 Å². The molecule has 0 bridgehead atoms. The molecule has 0 aliphatic rings. The molecular weight excluding hydrogens is 494 g/mol. The average molecular weight is 528 g/mol. The van der Waals surface area contributed by atoms with E-state index in [4.69, 9.17) is 16.6 Å². The highest BCUT2D eigenvalue weighted by atomic mass is 35.5. The molecule has 0 saturated heterocycles. The van der Waals surface area contributed by atoms with Crippen molar-refractivity contribution >= 4 is 40.3 Å². The number of carbonyl (C=O) groups is 2. The van der Waals surface area contributed by atoms with Crippen molar-refractivity contribution in [2.45, 2.75) is 59.5 Å². The molecule has 10 heteroatoms. The van der Waals surface area contributed by atoms with Crippen LogP contribution in [0, 0.1) is 5.92 Å². The number of fused-ring (bicyclic) bond motifs is 1. The summed E-state index contributed by atoms with van der Waals surface area (Å²) in [5.41, 5.74) is 0.0666. The van der Waals surface area contributed by atoms with Gasteiger partial charge < -0.3 is 15.7 Å². The number of hydrogen-bond donors (Lipinski definition) is 3. The van der Waals surface area contributed by atoms with Gasteiger partial charge in [-0.2, -0.15) is 0 Å². The fourth-order valence-electron chi connectivity index (χ4n) is 4.38. The Morgan fingerprint density at radius 3 is 2.43 bits per heavy atom. The van der Waals surface area contributed by atoms with Crippen molar-refractivity contribution in [3.63, 3.8) is 0 Å². The molecule has 0 fully saturated rings. The second-order valence-electron chi connectivity index (χ2n) is 9.93. The maximum Gasteiger partial charge on any atom is 0.408 e. The Morgan fingerprint density at radius 2 is 1.84 bits per heavy atom. The monoisotopic (exact) mass is 527 g/mol. The zero-order chi connectivity index (χ0) is 27.5. The van der Waals surface area contributed by atoms with Gasteiger partial charge in [0.15, 0.2) is 0 Å². The van der Waals surface area contributed by atoms with Gasteiger partial charge in [0.1, 0.15) is 5.82 Å². The van der Waals surface area contributed by atoms with Crippen LogP contribution in [0.25, 0.3) is 16.6 Å². The summed E-state index contributed by atoms with van der Waals surface area (Å²) in [6.45, 7) is 11.6. The van der Waals surface area contributed by atoms with Gasteiger partial charge >= 0.3 is 12.1 Å². The third-order valence-corrected chi connectivity index (χ3v) is 6.54. The van der Waals surface area contributed by atoms with E-state index in [1.807, 2.05) is 41.5 Å². The van der Waals surface area contributed by atoms with E-state index in [1.165, 1.54) is 9.47 Å². The lowest BCUT2D eigenvalue weighted by atomic mass is 9.92. The first-order chi connectivity index (χ1) is 17.4. The Bertz CT molecular complexity index is 1370. The first kappa shape index (κ1) is 28.0. The Morgan fingerprint density at radius 1 is 1.16 bits per heavy atom. The van der Waals surface area contributed by atoms with Crippen molar-refractivity contribution in [1.82, 2.24) is 19.8 Å². The lowest BCUT2D eigenvalue weighted by Gasteiger charge is -2.42. The van der Waals surface area contributed by atoms with Gasteiger partial charge in [0.2, 0.25) is 0 Å². The van der Waals surface area contributed by atoms with Crippen LogP contribution in [-0.4, -0.2) is 43.8 Å². The molecule has 198 valence electrons. The van der Waals surface area contributed by atoms with Gasteiger partial charge in [-0.1, -0.05) is 44.0 Å². The molecule has 0 spiro atoms. The predicted octanol–water partition coefficient (Wildman–Crippen LogP) is 6.05. The zero-order valence-electron chi connectivity index (χ0n) is 22.0. The van der Waals surface area contributed by atoms with E-state index in [9.17, 15) is 19.5 Å². The van der Waals surface area contributed by atoms with E-state index in [1.54, 1.807) is 42.5 Å². The summed E-state index contributed by atoms with van der Waals surface area (Å²) in [6.07, 6.45) is -0.469. The largest absolute Gasteiger partial charge is 0.465 e. The highest BCUT2D eigenvalue weighted by Crippen LogP contribution is 2.36. The first-order valence-corrected chi connectivity index (χ1v) is 12.7. The SMILES string of the molecule is CCNC(=O)Nc1cccc(-n2c([C@H]([C@@H](C)CC)N(C(=O)O)C(C)(C)C)nc3cccc(Cl)c3c2=O)c1. The normalized spacial score (nSPS) is 13.2. The second kappa shape index (κ2) is 11.2. The summed E-state index contributed by atoms with van der Waals surface area (Å²) >= 11 is 6.44. The number of nitrogens with zero attached hydrogens (tertiary/aromatic N) is 3. The van der Waals surface area contributed by atoms with Gasteiger partial charge in [-0.05, 0) is 63.9 Å². The molecule has 0 radical (unpaired) electrons. The predicted molar refractivity (Wildman–Crippen MR) is 147 cm³/mol. The summed E-state index contributed by atoms with van der Waals surface area (Å²) in [6, 6.07) is 10.7. The number of aromatic nitrogens is 2. The third kappa shape index (κ3) is 5.88. The van der Waals surface area contributed by atoms with Crippen LogP contribution in [0.4, 0.5) is 15.3 Å². The number of amides is 3. The smallest absolute Gasteiger partial charge is 0.408 e. The Labute approximate surface area is 221 Å². The third-order valence-electron chi connectivity index (χ3n) is 6.23. The first-order valence-electron chi connectivity index (χ1n) is 12.3. The van der Waals surface area contributed by atoms with E-state index in [0.717, 1.165) is 0 Å². The van der Waals surface area contributed by atoms with E-state index in [2.05, 4.69) is 10.6 Å². The van der Waals surface area contributed by atoms with Gasteiger partial charge in [0.25, 0.3) is 5.56 Å². The molecule has 3 N–H and O–H groups in total. The van der Waals surface area contributed by atoms with Crippen molar-refractivity contribution in [1.29, 1.82) is 0 Å². The highest BCUT2D eigenvalue weighted by Gasteiger charge is 2.39. The van der Waals surface area contributed by atoms with E-state index >= 15 is 0 Å². The maximum atomic E-state index is 14.0. The van der Waals surface area contributed by atoms with Gasteiger partial charge in [0.05, 0.1) is 27.7 Å². The summed E-state index contributed by atoms with van der Waals surface area (Å²) in [5, 5.41) is 16.2. The molecule has 0 aliphatic heterocycles. The quantitative estimate of drug-likeness (QED) is 0.346. The van der Waals surface area contributed by atoms with Crippen LogP contribution in [0.15, 0.2) is 47.3 Å². The van der Waals surface area contributed by atoms with E-state index < -0.39 is 23.2 Å². The van der Waals surface area contributed by atoms with Crippen LogP contribution in [0.2, 0.25) is 5.02 Å². The maximum absolute atomic E-state index is 14.0. The molecule has 1 aromatic heterocycles. The van der Waals surface area contributed by atoms with Gasteiger partial charge in [0, 0.05) is 17.8 Å². The lowest BCUT2D eigenvalue weighted by molar-refractivity contribution is 0.0454. The number of rotatable bonds is 7. The van der Waals surface area contributed by atoms with Crippen molar-refractivity contribution in [3.8, 4) is 5.69 Å². The number of carboxylic acid groups (broad SMARTS) is 1. The Hall–Kier alpha value is -3.59. The minimum absolute atomic E-state index is 0.179. The number of halogens is 1. The molecule has 37 heavy (non-hydrogen) atoms. The minimum Gasteiger partial charge on any atom is -0.465 e. The summed E-state index contributed by atoms with van der Waals surface area (Å²) in [4.78, 5) is 45.0. The van der Waals surface area contributed by atoms with E-state index in [-0.39, 0.29) is 28.2 Å². The summed E-state index contributed by atoms with van der Waals surface area (Å²) in [7, 11) is 0. The van der Waals surface area contributed by atoms with Crippen LogP contribution < -0.4 is 16.2 Å². The molecule has 2 atom stereocenters. The average Bonchev–Trinajstić information content (AvgIpc) is 2.81. The van der Waals surface area contributed by atoms with Gasteiger partial charge in [-0.3, -0.25) is 14.3 Å². The molecule has 0 aliphatic carbocycles. The van der Waals surface area contributed by atoms with Crippen molar-refractivity contribution in [2.75, 3.05) is 11.9 Å². The standard InChI is InChI=1S/C27H34ClN5O4/c1-7-16(3)22(33(26(36)37)27(4,5)6)23-31-20-14-10-13-19(28)21(20)24(34)32(23)18-12-9-11-17(15-18)30-25(35)29-8-2/h9-16,22H,7-8H2,1-6H3,(H,36,37)(H2,29,30,35)/t16-,22-/m0/s1. The van der Waals surface area contributed by atoms with Crippen LogP contribution in [0.1, 0.15) is 59.8 Å². The molecule has 0 unspecified atom stereocenters. The molecule has 3 aromatic rings. The van der Waals surface area contributed by atoms with Crippen LogP contribution in [0.5, 0.6) is 0 Å². The van der Waals surface area contributed by atoms with Crippen LogP contribution in [-0.2, 0) is 0 Å². The number of nitrogens with one attached hydrogen (secondary N) is 2. The summed E-state index contributed by atoms with van der Waals surface area (Å²) < 4.78 is 1.41.